The molecule has 1 atom stereocenters. The molecule has 0 heterocycles. The first kappa shape index (κ1) is 14.9. The highest BCUT2D eigenvalue weighted by atomic mass is 16.5. The number of rotatable bonds is 6. The van der Waals surface area contributed by atoms with Crippen molar-refractivity contribution in [1.29, 1.82) is 0 Å². The lowest BCUT2D eigenvalue weighted by atomic mass is 9.98. The SMILES string of the molecule is CCc1ccccc1C(Nc1ccc(OC)cc1)C(=O)O. The van der Waals surface area contributed by atoms with Crippen LogP contribution in [0.3, 0.4) is 0 Å². The van der Waals surface area contributed by atoms with Gasteiger partial charge in [0.2, 0.25) is 0 Å². The highest BCUT2D eigenvalue weighted by Gasteiger charge is 2.21. The molecule has 0 radical (unpaired) electrons. The Morgan fingerprint density at radius 1 is 1.19 bits per heavy atom. The predicted octanol–water partition coefficient (Wildman–Crippen LogP) is 3.50. The van der Waals surface area contributed by atoms with Gasteiger partial charge in [-0.1, -0.05) is 31.2 Å². The summed E-state index contributed by atoms with van der Waals surface area (Å²) >= 11 is 0. The lowest BCUT2D eigenvalue weighted by Gasteiger charge is -2.19. The van der Waals surface area contributed by atoms with Gasteiger partial charge in [-0.2, -0.15) is 0 Å². The molecule has 1 unspecified atom stereocenters. The van der Waals surface area contributed by atoms with Crippen molar-refractivity contribution in [2.45, 2.75) is 19.4 Å². The third-order valence-corrected chi connectivity index (χ3v) is 3.39. The molecule has 0 aromatic heterocycles. The standard InChI is InChI=1S/C17H19NO3/c1-3-12-6-4-5-7-15(12)16(17(19)20)18-13-8-10-14(21-2)11-9-13/h4-11,16,18H,3H2,1-2H3,(H,19,20). The van der Waals surface area contributed by atoms with Crippen LogP contribution in [-0.2, 0) is 11.2 Å². The second kappa shape index (κ2) is 6.79. The van der Waals surface area contributed by atoms with Crippen molar-refractivity contribution in [2.75, 3.05) is 12.4 Å². The Bertz CT molecular complexity index is 608. The van der Waals surface area contributed by atoms with Gasteiger partial charge in [-0.25, -0.2) is 4.79 Å². The van der Waals surface area contributed by atoms with Gasteiger partial charge in [0.1, 0.15) is 5.75 Å². The maximum atomic E-state index is 11.6. The summed E-state index contributed by atoms with van der Waals surface area (Å²) in [6.07, 6.45) is 0.796. The Kier molecular flexibility index (Phi) is 4.82. The predicted molar refractivity (Wildman–Crippen MR) is 82.8 cm³/mol. The summed E-state index contributed by atoms with van der Waals surface area (Å²) in [6.45, 7) is 2.02. The Hall–Kier alpha value is -2.49. The van der Waals surface area contributed by atoms with Gasteiger partial charge in [-0.3, -0.25) is 0 Å². The Morgan fingerprint density at radius 2 is 1.86 bits per heavy atom. The number of ether oxygens (including phenoxy) is 1. The van der Waals surface area contributed by atoms with Crippen molar-refractivity contribution in [1.82, 2.24) is 0 Å². The number of hydrogen-bond donors (Lipinski definition) is 2. The van der Waals surface area contributed by atoms with E-state index >= 15 is 0 Å². The summed E-state index contributed by atoms with van der Waals surface area (Å²) in [5.41, 5.74) is 2.57. The quantitative estimate of drug-likeness (QED) is 0.853. The summed E-state index contributed by atoms with van der Waals surface area (Å²) in [4.78, 5) is 11.6. The molecular weight excluding hydrogens is 266 g/mol. The summed E-state index contributed by atoms with van der Waals surface area (Å²) in [6, 6.07) is 14.0. The molecule has 0 amide bonds. The molecule has 0 aliphatic carbocycles. The minimum absolute atomic E-state index is 0.737. The topological polar surface area (TPSA) is 58.6 Å². The minimum Gasteiger partial charge on any atom is -0.497 e. The maximum absolute atomic E-state index is 11.6. The van der Waals surface area contributed by atoms with Crippen LogP contribution in [0.1, 0.15) is 24.1 Å². The van der Waals surface area contributed by atoms with Crippen LogP contribution in [0.2, 0.25) is 0 Å². The average molecular weight is 285 g/mol. The zero-order valence-corrected chi connectivity index (χ0v) is 12.2. The number of anilines is 1. The zero-order valence-electron chi connectivity index (χ0n) is 12.2. The summed E-state index contributed by atoms with van der Waals surface area (Å²) in [7, 11) is 1.60. The van der Waals surface area contributed by atoms with E-state index in [2.05, 4.69) is 5.32 Å². The fourth-order valence-electron chi connectivity index (χ4n) is 2.26. The number of methoxy groups -OCH3 is 1. The normalized spacial score (nSPS) is 11.7. The molecule has 0 saturated carbocycles. The van der Waals surface area contributed by atoms with Crippen LogP contribution >= 0.6 is 0 Å². The summed E-state index contributed by atoms with van der Waals surface area (Å²) in [5, 5.41) is 12.6. The van der Waals surface area contributed by atoms with Crippen molar-refractivity contribution in [3.63, 3.8) is 0 Å². The second-order valence-corrected chi connectivity index (χ2v) is 4.70. The number of carboxylic acids is 1. The second-order valence-electron chi connectivity index (χ2n) is 4.70. The fraction of sp³-hybridized carbons (Fsp3) is 0.235. The molecule has 0 aliphatic rings. The molecule has 2 aromatic rings. The summed E-state index contributed by atoms with van der Waals surface area (Å²) < 4.78 is 5.10. The van der Waals surface area contributed by atoms with Gasteiger partial charge in [0.15, 0.2) is 6.04 Å². The van der Waals surface area contributed by atoms with Crippen LogP contribution in [0.5, 0.6) is 5.75 Å². The van der Waals surface area contributed by atoms with Gasteiger partial charge in [0.05, 0.1) is 7.11 Å². The van der Waals surface area contributed by atoms with E-state index in [1.807, 2.05) is 43.3 Å². The monoisotopic (exact) mass is 285 g/mol. The van der Waals surface area contributed by atoms with Crippen molar-refractivity contribution in [2.24, 2.45) is 0 Å². The Labute approximate surface area is 124 Å². The van der Waals surface area contributed by atoms with Crippen LogP contribution < -0.4 is 10.1 Å². The molecular formula is C17H19NO3. The lowest BCUT2D eigenvalue weighted by molar-refractivity contribution is -0.138. The number of benzene rings is 2. The lowest BCUT2D eigenvalue weighted by Crippen LogP contribution is -2.21. The molecule has 21 heavy (non-hydrogen) atoms. The number of carboxylic acid groups (broad SMARTS) is 1. The van der Waals surface area contributed by atoms with E-state index < -0.39 is 12.0 Å². The molecule has 0 spiro atoms. The number of aliphatic carboxylic acids is 1. The van der Waals surface area contributed by atoms with E-state index in [0.717, 1.165) is 29.0 Å². The molecule has 4 nitrogen and oxygen atoms in total. The van der Waals surface area contributed by atoms with Gasteiger partial charge in [0.25, 0.3) is 0 Å². The number of aryl methyl sites for hydroxylation is 1. The van der Waals surface area contributed by atoms with Crippen LogP contribution in [0.25, 0.3) is 0 Å². The molecule has 0 aliphatic heterocycles. The number of carbonyl (C=O) groups is 1. The van der Waals surface area contributed by atoms with E-state index in [1.54, 1.807) is 19.2 Å². The van der Waals surface area contributed by atoms with E-state index in [1.165, 1.54) is 0 Å². The number of hydrogen-bond acceptors (Lipinski definition) is 3. The smallest absolute Gasteiger partial charge is 0.330 e. The first-order chi connectivity index (χ1) is 10.2. The third-order valence-electron chi connectivity index (χ3n) is 3.39. The van der Waals surface area contributed by atoms with Gasteiger partial charge in [-0.15, -0.1) is 0 Å². The van der Waals surface area contributed by atoms with E-state index in [-0.39, 0.29) is 0 Å². The average Bonchev–Trinajstić information content (AvgIpc) is 2.53. The first-order valence-corrected chi connectivity index (χ1v) is 6.87. The van der Waals surface area contributed by atoms with Crippen molar-refractivity contribution in [3.05, 3.63) is 59.7 Å². The van der Waals surface area contributed by atoms with Crippen LogP contribution in [0, 0.1) is 0 Å². The zero-order chi connectivity index (χ0) is 15.2. The Balaban J connectivity index is 2.28. The Morgan fingerprint density at radius 3 is 2.43 bits per heavy atom. The first-order valence-electron chi connectivity index (χ1n) is 6.87. The number of nitrogens with one attached hydrogen (secondary N) is 1. The summed E-state index contributed by atoms with van der Waals surface area (Å²) in [5.74, 6) is -0.159. The van der Waals surface area contributed by atoms with Crippen molar-refractivity contribution >= 4 is 11.7 Å². The van der Waals surface area contributed by atoms with Gasteiger partial charge in [-0.05, 0) is 41.8 Å². The molecule has 0 fully saturated rings. The van der Waals surface area contributed by atoms with Crippen molar-refractivity contribution < 1.29 is 14.6 Å². The highest BCUT2D eigenvalue weighted by Crippen LogP contribution is 2.25. The highest BCUT2D eigenvalue weighted by molar-refractivity contribution is 5.79. The molecule has 4 heteroatoms. The largest absolute Gasteiger partial charge is 0.497 e. The van der Waals surface area contributed by atoms with E-state index in [0.29, 0.717) is 0 Å². The molecule has 0 saturated heterocycles. The molecule has 0 bridgehead atoms. The molecule has 110 valence electrons. The maximum Gasteiger partial charge on any atom is 0.330 e. The van der Waals surface area contributed by atoms with Crippen LogP contribution in [0.4, 0.5) is 5.69 Å². The van der Waals surface area contributed by atoms with Crippen LogP contribution in [-0.4, -0.2) is 18.2 Å². The van der Waals surface area contributed by atoms with E-state index in [4.69, 9.17) is 4.74 Å². The van der Waals surface area contributed by atoms with Crippen molar-refractivity contribution in [3.8, 4) is 5.75 Å². The van der Waals surface area contributed by atoms with Gasteiger partial charge < -0.3 is 15.2 Å². The minimum atomic E-state index is -0.897. The van der Waals surface area contributed by atoms with Gasteiger partial charge in [0, 0.05) is 5.69 Å². The van der Waals surface area contributed by atoms with E-state index in [9.17, 15) is 9.90 Å². The third kappa shape index (κ3) is 3.54. The van der Waals surface area contributed by atoms with Crippen LogP contribution in [0.15, 0.2) is 48.5 Å². The fourth-order valence-corrected chi connectivity index (χ4v) is 2.26. The molecule has 2 aromatic carbocycles. The molecule has 2 N–H and O–H groups in total. The van der Waals surface area contributed by atoms with Gasteiger partial charge >= 0.3 is 5.97 Å². The molecule has 2 rings (SSSR count).